The molecule has 0 saturated carbocycles. The molecule has 0 spiro atoms. The van der Waals surface area contributed by atoms with Crippen molar-refractivity contribution in [3.8, 4) is 5.75 Å². The molecule has 12 nitrogen and oxygen atoms in total. The van der Waals surface area contributed by atoms with Gasteiger partial charge >= 0.3 is 5.97 Å². The number of carbonyl (C=O) groups is 5. The topological polar surface area (TPSA) is 214 Å². The zero-order valence-electron chi connectivity index (χ0n) is 20.2. The normalized spacial score (nSPS) is 13.9. The lowest BCUT2D eigenvalue weighted by molar-refractivity contribution is -0.142. The lowest BCUT2D eigenvalue weighted by Gasteiger charge is -2.24. The lowest BCUT2D eigenvalue weighted by Crippen LogP contribution is -2.58. The molecule has 0 saturated heterocycles. The third-order valence-corrected chi connectivity index (χ3v) is 5.41. The second kappa shape index (κ2) is 13.6. The van der Waals surface area contributed by atoms with Crippen molar-refractivity contribution >= 4 is 29.6 Å². The summed E-state index contributed by atoms with van der Waals surface area (Å²) in [6.45, 7) is 1.27. The maximum absolute atomic E-state index is 13.1. The highest BCUT2D eigenvalue weighted by Crippen LogP contribution is 2.11. The smallest absolute Gasteiger partial charge is 0.325 e. The monoisotopic (exact) mass is 513 g/mol. The first-order valence-corrected chi connectivity index (χ1v) is 11.5. The Morgan fingerprint density at radius 2 is 1.32 bits per heavy atom. The van der Waals surface area contributed by atoms with Crippen molar-refractivity contribution in [2.24, 2.45) is 11.5 Å². The molecule has 4 amide bonds. The summed E-state index contributed by atoms with van der Waals surface area (Å²) in [5.41, 5.74) is 12.6. The highest BCUT2D eigenvalue weighted by Gasteiger charge is 2.30. The van der Waals surface area contributed by atoms with Crippen molar-refractivity contribution in [1.29, 1.82) is 0 Å². The Kier molecular flexibility index (Phi) is 10.6. The molecule has 0 heterocycles. The van der Waals surface area contributed by atoms with E-state index >= 15 is 0 Å². The standard InChI is InChI=1S/C25H31N5O7/c1-14(25(36)37)28-23(34)19(12-15-5-3-2-4-6-15)30-24(35)20(13-21(27)32)29-22(33)18(26)11-16-7-9-17(31)10-8-16/h2-10,14,18-20,31H,11-13,26H2,1H3,(H2,27,32)(H,28,34)(H,29,33)(H,30,35)(H,36,37). The van der Waals surface area contributed by atoms with E-state index in [9.17, 15) is 29.1 Å². The predicted molar refractivity (Wildman–Crippen MR) is 133 cm³/mol. The van der Waals surface area contributed by atoms with Crippen LogP contribution in [0.25, 0.3) is 0 Å². The molecule has 0 fully saturated rings. The molecule has 0 aliphatic heterocycles. The Hall–Kier alpha value is -4.45. The van der Waals surface area contributed by atoms with Gasteiger partial charge < -0.3 is 37.6 Å². The summed E-state index contributed by atoms with van der Waals surface area (Å²) in [7, 11) is 0. The van der Waals surface area contributed by atoms with Gasteiger partial charge in [-0.15, -0.1) is 0 Å². The number of amides is 4. The van der Waals surface area contributed by atoms with Crippen LogP contribution in [0.15, 0.2) is 54.6 Å². The Labute approximate surface area is 213 Å². The Balaban J connectivity index is 2.16. The number of hydrogen-bond donors (Lipinski definition) is 7. The summed E-state index contributed by atoms with van der Waals surface area (Å²) in [5.74, 6) is -4.47. The van der Waals surface area contributed by atoms with E-state index < -0.39 is 60.2 Å². The molecule has 4 unspecified atom stereocenters. The molecule has 0 aliphatic carbocycles. The molecule has 2 aromatic carbocycles. The summed E-state index contributed by atoms with van der Waals surface area (Å²) >= 11 is 0. The molecular weight excluding hydrogens is 482 g/mol. The number of hydrogen-bond acceptors (Lipinski definition) is 7. The maximum Gasteiger partial charge on any atom is 0.325 e. The van der Waals surface area contributed by atoms with Crippen LogP contribution in [0.2, 0.25) is 0 Å². The SMILES string of the molecule is CC(NC(=O)C(Cc1ccccc1)NC(=O)C(CC(N)=O)NC(=O)C(N)Cc1ccc(O)cc1)C(=O)O. The van der Waals surface area contributed by atoms with E-state index in [-0.39, 0.29) is 18.6 Å². The van der Waals surface area contributed by atoms with E-state index in [1.807, 2.05) is 0 Å². The van der Waals surface area contributed by atoms with E-state index in [0.29, 0.717) is 11.1 Å². The number of aliphatic carboxylic acids is 1. The molecular formula is C25H31N5O7. The van der Waals surface area contributed by atoms with E-state index in [2.05, 4.69) is 16.0 Å². The molecule has 9 N–H and O–H groups in total. The predicted octanol–water partition coefficient (Wildman–Crippen LogP) is -1.06. The van der Waals surface area contributed by atoms with Gasteiger partial charge in [0.1, 0.15) is 23.9 Å². The van der Waals surface area contributed by atoms with Crippen molar-refractivity contribution < 1.29 is 34.2 Å². The number of phenols is 1. The van der Waals surface area contributed by atoms with Gasteiger partial charge in [-0.3, -0.25) is 24.0 Å². The van der Waals surface area contributed by atoms with Crippen molar-refractivity contribution in [3.05, 3.63) is 65.7 Å². The van der Waals surface area contributed by atoms with E-state index in [4.69, 9.17) is 16.6 Å². The van der Waals surface area contributed by atoms with Crippen molar-refractivity contribution in [2.75, 3.05) is 0 Å². The summed E-state index contributed by atoms with van der Waals surface area (Å²) in [6.07, 6.45) is -0.458. The van der Waals surface area contributed by atoms with Crippen LogP contribution in [0.4, 0.5) is 0 Å². The van der Waals surface area contributed by atoms with Crippen LogP contribution in [-0.4, -0.2) is 64.0 Å². The average molecular weight is 514 g/mol. The molecule has 2 aromatic rings. The number of benzene rings is 2. The van der Waals surface area contributed by atoms with E-state index in [0.717, 1.165) is 0 Å². The van der Waals surface area contributed by atoms with E-state index in [1.54, 1.807) is 42.5 Å². The van der Waals surface area contributed by atoms with Gasteiger partial charge in [0.05, 0.1) is 12.5 Å². The van der Waals surface area contributed by atoms with Gasteiger partial charge in [0, 0.05) is 6.42 Å². The number of carboxylic acid groups (broad SMARTS) is 1. The Morgan fingerprint density at radius 3 is 1.89 bits per heavy atom. The van der Waals surface area contributed by atoms with Gasteiger partial charge in [-0.1, -0.05) is 42.5 Å². The zero-order valence-corrected chi connectivity index (χ0v) is 20.2. The van der Waals surface area contributed by atoms with Crippen molar-refractivity contribution in [2.45, 2.75) is 50.4 Å². The quantitative estimate of drug-likeness (QED) is 0.175. The summed E-state index contributed by atoms with van der Waals surface area (Å²) < 4.78 is 0. The number of primary amides is 1. The van der Waals surface area contributed by atoms with Crippen LogP contribution in [-0.2, 0) is 36.8 Å². The number of carbonyl (C=O) groups excluding carboxylic acids is 4. The zero-order chi connectivity index (χ0) is 27.5. The van der Waals surface area contributed by atoms with Gasteiger partial charge in [0.15, 0.2) is 0 Å². The number of nitrogens with one attached hydrogen (secondary N) is 3. The molecule has 0 aromatic heterocycles. The first-order chi connectivity index (χ1) is 17.5. The molecule has 0 radical (unpaired) electrons. The maximum atomic E-state index is 13.1. The highest BCUT2D eigenvalue weighted by atomic mass is 16.4. The summed E-state index contributed by atoms with van der Waals surface area (Å²) in [4.78, 5) is 61.3. The van der Waals surface area contributed by atoms with Crippen LogP contribution in [0.1, 0.15) is 24.5 Å². The lowest BCUT2D eigenvalue weighted by atomic mass is 10.0. The fourth-order valence-corrected chi connectivity index (χ4v) is 3.37. The molecule has 37 heavy (non-hydrogen) atoms. The van der Waals surface area contributed by atoms with Gasteiger partial charge in [-0.05, 0) is 36.6 Å². The first kappa shape index (κ1) is 28.8. The fraction of sp³-hybridized carbons (Fsp3) is 0.320. The van der Waals surface area contributed by atoms with Gasteiger partial charge in [0.2, 0.25) is 23.6 Å². The van der Waals surface area contributed by atoms with Gasteiger partial charge in [-0.2, -0.15) is 0 Å². The second-order valence-electron chi connectivity index (χ2n) is 8.53. The summed E-state index contributed by atoms with van der Waals surface area (Å²) in [5, 5.41) is 25.7. The Morgan fingerprint density at radius 1 is 0.784 bits per heavy atom. The van der Waals surface area contributed by atoms with Crippen molar-refractivity contribution in [1.82, 2.24) is 16.0 Å². The number of aromatic hydroxyl groups is 1. The molecule has 0 bridgehead atoms. The third kappa shape index (κ3) is 9.61. The molecule has 4 atom stereocenters. The van der Waals surface area contributed by atoms with Crippen LogP contribution in [0, 0.1) is 0 Å². The summed E-state index contributed by atoms with van der Waals surface area (Å²) in [6, 6.07) is 9.76. The minimum atomic E-state index is -1.43. The highest BCUT2D eigenvalue weighted by molar-refractivity contribution is 5.96. The van der Waals surface area contributed by atoms with Crippen LogP contribution in [0.3, 0.4) is 0 Å². The van der Waals surface area contributed by atoms with Crippen molar-refractivity contribution in [3.63, 3.8) is 0 Å². The minimum absolute atomic E-state index is 0.0162. The van der Waals surface area contributed by atoms with Crippen LogP contribution in [0.5, 0.6) is 5.75 Å². The van der Waals surface area contributed by atoms with E-state index in [1.165, 1.54) is 19.1 Å². The molecule has 198 valence electrons. The average Bonchev–Trinajstić information content (AvgIpc) is 2.84. The van der Waals surface area contributed by atoms with Crippen LogP contribution >= 0.6 is 0 Å². The second-order valence-corrected chi connectivity index (χ2v) is 8.53. The van der Waals surface area contributed by atoms with Crippen LogP contribution < -0.4 is 27.4 Å². The molecule has 2 rings (SSSR count). The largest absolute Gasteiger partial charge is 0.508 e. The van der Waals surface area contributed by atoms with Gasteiger partial charge in [-0.25, -0.2) is 0 Å². The Bertz CT molecular complexity index is 1110. The van der Waals surface area contributed by atoms with Gasteiger partial charge in [0.25, 0.3) is 0 Å². The molecule has 0 aliphatic rings. The molecule has 12 heteroatoms. The number of carboxylic acids is 1. The third-order valence-electron chi connectivity index (χ3n) is 5.41. The fourth-order valence-electron chi connectivity index (χ4n) is 3.37. The minimum Gasteiger partial charge on any atom is -0.508 e. The number of rotatable bonds is 13. The number of phenolic OH excluding ortho intramolecular Hbond substituents is 1. The first-order valence-electron chi connectivity index (χ1n) is 11.5. The number of nitrogens with two attached hydrogens (primary N) is 2.